The van der Waals surface area contributed by atoms with Crippen LogP contribution in [0.15, 0.2) is 30.5 Å². The number of H-pyrrole nitrogens is 1. The lowest BCUT2D eigenvalue weighted by molar-refractivity contribution is -0.136. The summed E-state index contributed by atoms with van der Waals surface area (Å²) in [5.74, 6) is 0.283. The quantitative estimate of drug-likeness (QED) is 0.838. The first-order valence-corrected chi connectivity index (χ1v) is 6.50. The van der Waals surface area contributed by atoms with Crippen molar-refractivity contribution in [3.63, 3.8) is 0 Å². The van der Waals surface area contributed by atoms with Crippen molar-refractivity contribution in [2.45, 2.75) is 0 Å². The standard InChI is InChI=1S/C14H15N5O2/c1-18-7-13(21)19(8-12(18)20)10-4-2-3-9(5-10)11-6-16-17-14(11)15/h2-6H,7-8H2,1H3,(H3,15,16,17). The van der Waals surface area contributed by atoms with Gasteiger partial charge in [-0.15, -0.1) is 0 Å². The lowest BCUT2D eigenvalue weighted by Crippen LogP contribution is -2.52. The van der Waals surface area contributed by atoms with E-state index < -0.39 is 0 Å². The molecular formula is C14H15N5O2. The number of hydrogen-bond donors (Lipinski definition) is 2. The number of piperazine rings is 1. The van der Waals surface area contributed by atoms with E-state index in [-0.39, 0.29) is 24.9 Å². The normalized spacial score (nSPS) is 15.7. The van der Waals surface area contributed by atoms with Gasteiger partial charge in [0.2, 0.25) is 11.8 Å². The van der Waals surface area contributed by atoms with Crippen LogP contribution in [0.4, 0.5) is 11.5 Å². The first-order valence-electron chi connectivity index (χ1n) is 6.50. The summed E-state index contributed by atoms with van der Waals surface area (Å²) in [5, 5.41) is 6.56. The molecule has 0 aliphatic carbocycles. The van der Waals surface area contributed by atoms with Crippen molar-refractivity contribution in [1.29, 1.82) is 0 Å². The highest BCUT2D eigenvalue weighted by molar-refractivity contribution is 6.04. The van der Waals surface area contributed by atoms with E-state index in [0.717, 1.165) is 11.1 Å². The van der Waals surface area contributed by atoms with Gasteiger partial charge in [0.05, 0.1) is 12.7 Å². The Labute approximate surface area is 121 Å². The molecule has 2 amide bonds. The second-order valence-corrected chi connectivity index (χ2v) is 4.98. The molecule has 7 heteroatoms. The monoisotopic (exact) mass is 285 g/mol. The molecule has 1 saturated heterocycles. The minimum atomic E-state index is -0.102. The molecule has 2 heterocycles. The summed E-state index contributed by atoms with van der Waals surface area (Å²) >= 11 is 0. The van der Waals surface area contributed by atoms with E-state index in [9.17, 15) is 9.59 Å². The Morgan fingerprint density at radius 2 is 2.05 bits per heavy atom. The van der Waals surface area contributed by atoms with Crippen LogP contribution >= 0.6 is 0 Å². The molecule has 7 nitrogen and oxygen atoms in total. The zero-order valence-electron chi connectivity index (χ0n) is 11.5. The van der Waals surface area contributed by atoms with Crippen molar-refractivity contribution in [2.75, 3.05) is 30.8 Å². The summed E-state index contributed by atoms with van der Waals surface area (Å²) in [6, 6.07) is 7.34. The third kappa shape index (κ3) is 2.33. The molecule has 0 spiro atoms. The Balaban J connectivity index is 1.95. The van der Waals surface area contributed by atoms with Gasteiger partial charge in [-0.2, -0.15) is 5.10 Å². The largest absolute Gasteiger partial charge is 0.384 e. The van der Waals surface area contributed by atoms with Crippen molar-refractivity contribution in [3.05, 3.63) is 30.5 Å². The smallest absolute Gasteiger partial charge is 0.247 e. The summed E-state index contributed by atoms with van der Waals surface area (Å²) in [4.78, 5) is 26.8. The molecule has 1 aliphatic rings. The van der Waals surface area contributed by atoms with Gasteiger partial charge in [-0.3, -0.25) is 14.7 Å². The third-order valence-electron chi connectivity index (χ3n) is 3.53. The maximum absolute atomic E-state index is 12.1. The fraction of sp³-hybridized carbons (Fsp3) is 0.214. The Bertz CT molecular complexity index is 709. The van der Waals surface area contributed by atoms with Gasteiger partial charge in [-0.1, -0.05) is 12.1 Å². The first kappa shape index (κ1) is 13.2. The molecule has 0 radical (unpaired) electrons. The maximum atomic E-state index is 12.1. The lowest BCUT2D eigenvalue weighted by Gasteiger charge is -2.31. The van der Waals surface area contributed by atoms with E-state index in [0.29, 0.717) is 11.5 Å². The number of aromatic amines is 1. The van der Waals surface area contributed by atoms with E-state index in [1.54, 1.807) is 19.3 Å². The van der Waals surface area contributed by atoms with E-state index >= 15 is 0 Å². The highest BCUT2D eigenvalue weighted by Gasteiger charge is 2.28. The molecule has 108 valence electrons. The number of hydrogen-bond acceptors (Lipinski definition) is 4. The van der Waals surface area contributed by atoms with Crippen molar-refractivity contribution in [3.8, 4) is 11.1 Å². The topological polar surface area (TPSA) is 95.3 Å². The molecule has 1 aromatic carbocycles. The van der Waals surface area contributed by atoms with Gasteiger partial charge < -0.3 is 15.5 Å². The van der Waals surface area contributed by atoms with Gasteiger partial charge in [-0.05, 0) is 17.7 Å². The minimum Gasteiger partial charge on any atom is -0.384 e. The number of carbonyl (C=O) groups is 2. The number of likely N-dealkylation sites (N-methyl/N-ethyl adjacent to an activating group) is 1. The van der Waals surface area contributed by atoms with Gasteiger partial charge >= 0.3 is 0 Å². The van der Waals surface area contributed by atoms with Crippen molar-refractivity contribution in [1.82, 2.24) is 15.1 Å². The lowest BCUT2D eigenvalue weighted by atomic mass is 10.1. The molecule has 0 unspecified atom stereocenters. The van der Waals surface area contributed by atoms with E-state index in [2.05, 4.69) is 10.2 Å². The SMILES string of the molecule is CN1CC(=O)N(c2cccc(-c3cn[nH]c3N)c2)CC1=O. The molecular weight excluding hydrogens is 270 g/mol. The number of rotatable bonds is 2. The summed E-state index contributed by atoms with van der Waals surface area (Å²) in [5.41, 5.74) is 8.10. The second-order valence-electron chi connectivity index (χ2n) is 4.98. The highest BCUT2D eigenvalue weighted by atomic mass is 16.2. The number of nitrogen functional groups attached to an aromatic ring is 1. The van der Waals surface area contributed by atoms with Crippen molar-refractivity contribution < 1.29 is 9.59 Å². The number of anilines is 2. The molecule has 2 aromatic rings. The Morgan fingerprint density at radius 1 is 1.24 bits per heavy atom. The molecule has 0 atom stereocenters. The predicted molar refractivity (Wildman–Crippen MR) is 78.4 cm³/mol. The average Bonchev–Trinajstić information content (AvgIpc) is 2.89. The number of benzene rings is 1. The van der Waals surface area contributed by atoms with Gasteiger partial charge in [0.1, 0.15) is 12.4 Å². The van der Waals surface area contributed by atoms with Crippen LogP contribution < -0.4 is 10.6 Å². The fourth-order valence-electron chi connectivity index (χ4n) is 2.32. The van der Waals surface area contributed by atoms with E-state index in [1.807, 2.05) is 18.2 Å². The number of amides is 2. The van der Waals surface area contributed by atoms with Crippen LogP contribution in [0.3, 0.4) is 0 Å². The maximum Gasteiger partial charge on any atom is 0.247 e. The summed E-state index contributed by atoms with van der Waals surface area (Å²) in [6.07, 6.45) is 1.63. The molecule has 1 fully saturated rings. The molecule has 1 aromatic heterocycles. The van der Waals surface area contributed by atoms with Crippen molar-refractivity contribution >= 4 is 23.3 Å². The van der Waals surface area contributed by atoms with Crippen LogP contribution in [-0.4, -0.2) is 47.0 Å². The van der Waals surface area contributed by atoms with Gasteiger partial charge in [0, 0.05) is 18.3 Å². The average molecular weight is 285 g/mol. The van der Waals surface area contributed by atoms with E-state index in [1.165, 1.54) is 9.80 Å². The summed E-state index contributed by atoms with van der Waals surface area (Å²) < 4.78 is 0. The first-order chi connectivity index (χ1) is 10.1. The van der Waals surface area contributed by atoms with Crippen LogP contribution in [0, 0.1) is 0 Å². The molecule has 1 aliphatic heterocycles. The number of aromatic nitrogens is 2. The van der Waals surface area contributed by atoms with Crippen molar-refractivity contribution in [2.24, 2.45) is 0 Å². The fourth-order valence-corrected chi connectivity index (χ4v) is 2.32. The van der Waals surface area contributed by atoms with Crippen LogP contribution in [0.2, 0.25) is 0 Å². The molecule has 0 bridgehead atoms. The van der Waals surface area contributed by atoms with Gasteiger partial charge in [0.15, 0.2) is 0 Å². The van der Waals surface area contributed by atoms with Crippen LogP contribution in [0.1, 0.15) is 0 Å². The van der Waals surface area contributed by atoms with Crippen LogP contribution in [0.5, 0.6) is 0 Å². The number of nitrogens with two attached hydrogens (primary N) is 1. The molecule has 3 rings (SSSR count). The Hall–Kier alpha value is -2.83. The summed E-state index contributed by atoms with van der Waals surface area (Å²) in [7, 11) is 1.63. The summed E-state index contributed by atoms with van der Waals surface area (Å²) in [6.45, 7) is 0.149. The second kappa shape index (κ2) is 4.93. The Morgan fingerprint density at radius 3 is 2.76 bits per heavy atom. The highest BCUT2D eigenvalue weighted by Crippen LogP contribution is 2.28. The van der Waals surface area contributed by atoms with Gasteiger partial charge in [-0.25, -0.2) is 0 Å². The van der Waals surface area contributed by atoms with Crippen LogP contribution in [-0.2, 0) is 9.59 Å². The zero-order chi connectivity index (χ0) is 15.0. The molecule has 0 saturated carbocycles. The van der Waals surface area contributed by atoms with Crippen LogP contribution in [0.25, 0.3) is 11.1 Å². The molecule has 21 heavy (non-hydrogen) atoms. The predicted octanol–water partition coefficient (Wildman–Crippen LogP) is 0.464. The minimum absolute atomic E-state index is 0.0552. The number of nitrogens with one attached hydrogen (secondary N) is 1. The van der Waals surface area contributed by atoms with Gasteiger partial charge in [0.25, 0.3) is 0 Å². The molecule has 3 N–H and O–H groups in total. The Kier molecular flexibility index (Phi) is 3.09. The van der Waals surface area contributed by atoms with E-state index in [4.69, 9.17) is 5.73 Å². The number of nitrogens with zero attached hydrogens (tertiary/aromatic N) is 3. The zero-order valence-corrected chi connectivity index (χ0v) is 11.5. The number of carbonyl (C=O) groups excluding carboxylic acids is 2. The third-order valence-corrected chi connectivity index (χ3v) is 3.53.